The van der Waals surface area contributed by atoms with Crippen molar-refractivity contribution < 1.29 is 17.7 Å². The van der Waals surface area contributed by atoms with Crippen LogP contribution in [0.25, 0.3) is 198 Å². The molecule has 21 aromatic rings. The molecule has 13 aromatic carbocycles. The van der Waals surface area contributed by atoms with Gasteiger partial charge in [0, 0.05) is 110 Å². The maximum atomic E-state index is 12.7. The molecule has 0 saturated heterocycles. The summed E-state index contributed by atoms with van der Waals surface area (Å²) in [5.74, 6) is 0. The molecule has 0 fully saturated rings. The van der Waals surface area contributed by atoms with E-state index in [1.54, 1.807) is 0 Å². The Kier molecular flexibility index (Phi) is 8.98. The predicted molar refractivity (Wildman–Crippen MR) is 362 cm³/mol. The van der Waals surface area contributed by atoms with Gasteiger partial charge in [0.1, 0.15) is 56.8 Å². The van der Waals surface area contributed by atoms with Gasteiger partial charge in [-0.1, -0.05) is 146 Å². The Morgan fingerprint density at radius 3 is 0.678 bits per heavy atom. The summed E-state index contributed by atoms with van der Waals surface area (Å²) in [5, 5.41) is 41.2. The van der Waals surface area contributed by atoms with Gasteiger partial charge in [0.05, 0.1) is 78.0 Å². The van der Waals surface area contributed by atoms with E-state index in [-0.39, 0.29) is 11.1 Å². The molecule has 0 aliphatic heterocycles. The number of fused-ring (bicyclic) bond motifs is 24. The third-order valence-corrected chi connectivity index (χ3v) is 19.2. The summed E-state index contributed by atoms with van der Waals surface area (Å²) in [7, 11) is 0. The molecule has 8 heterocycles. The Bertz CT molecular complexity index is 6530. The number of nitrogens with zero attached hydrogens (tertiary/aromatic N) is 6. The first-order valence-corrected chi connectivity index (χ1v) is 30.0. The highest BCUT2D eigenvalue weighted by atomic mass is 16.3. The monoisotopic (exact) mass is 1150 g/mol. The highest BCUT2D eigenvalue weighted by Gasteiger charge is 2.36. The Hall–Kier alpha value is -12.8. The fourth-order valence-corrected chi connectivity index (χ4v) is 15.5. The van der Waals surface area contributed by atoms with E-state index < -0.39 is 0 Å². The van der Waals surface area contributed by atoms with Crippen LogP contribution in [0.5, 0.6) is 0 Å². The van der Waals surface area contributed by atoms with Crippen LogP contribution in [0.15, 0.2) is 260 Å². The van der Waals surface area contributed by atoms with Crippen molar-refractivity contribution in [3.8, 4) is 34.9 Å². The molecule has 0 aliphatic rings. The molecule has 0 atom stereocenters. The second kappa shape index (κ2) is 17.0. The number of benzene rings is 13. The number of para-hydroxylation sites is 8. The van der Waals surface area contributed by atoms with E-state index in [0.717, 1.165) is 153 Å². The van der Waals surface area contributed by atoms with Crippen LogP contribution in [0, 0.1) is 22.7 Å². The number of rotatable bonds is 4. The average Bonchev–Trinajstić information content (AvgIpc) is 1.47. The fourth-order valence-electron chi connectivity index (χ4n) is 15.5. The molecule has 0 radical (unpaired) electrons. The summed E-state index contributed by atoms with van der Waals surface area (Å²) >= 11 is 0. The van der Waals surface area contributed by atoms with Crippen molar-refractivity contribution in [3.63, 3.8) is 0 Å². The van der Waals surface area contributed by atoms with Crippen LogP contribution in [-0.2, 0) is 0 Å². The maximum Gasteiger partial charge on any atom is 0.137 e. The van der Waals surface area contributed by atoms with Gasteiger partial charge in [-0.2, -0.15) is 10.5 Å². The second-order valence-electron chi connectivity index (χ2n) is 23.6. The molecule has 0 amide bonds. The molecule has 10 heteroatoms. The lowest BCUT2D eigenvalue weighted by Gasteiger charge is -2.27. The lowest BCUT2D eigenvalue weighted by Crippen LogP contribution is -2.17. The minimum Gasteiger partial charge on any atom is -0.456 e. The largest absolute Gasteiger partial charge is 0.456 e. The smallest absolute Gasteiger partial charge is 0.137 e. The first-order valence-electron chi connectivity index (χ1n) is 30.0. The fraction of sp³-hybridized carbons (Fsp3) is 0. The maximum absolute atomic E-state index is 12.7. The number of furan rings is 4. The van der Waals surface area contributed by atoms with Gasteiger partial charge in [0.2, 0.25) is 0 Å². The zero-order valence-electron chi connectivity index (χ0n) is 47.4. The normalized spacial score (nSPS) is 12.4. The van der Waals surface area contributed by atoms with E-state index in [1.807, 2.05) is 72.8 Å². The summed E-state index contributed by atoms with van der Waals surface area (Å²) < 4.78 is 36.5. The van der Waals surface area contributed by atoms with Crippen molar-refractivity contribution in [2.45, 2.75) is 0 Å². The number of hydrogen-bond donors (Lipinski definition) is 0. The molecule has 90 heavy (non-hydrogen) atoms. The van der Waals surface area contributed by atoms with Crippen LogP contribution in [-0.4, -0.2) is 18.3 Å². The van der Waals surface area contributed by atoms with E-state index in [0.29, 0.717) is 45.1 Å². The Labute approximate surface area is 507 Å². The summed E-state index contributed by atoms with van der Waals surface area (Å²) in [6.45, 7) is 0. The minimum atomic E-state index is 0.172. The molecule has 0 N–H and O–H groups in total. The van der Waals surface area contributed by atoms with E-state index in [4.69, 9.17) is 17.7 Å². The van der Waals surface area contributed by atoms with Gasteiger partial charge in [-0.05, 0) is 72.8 Å². The van der Waals surface area contributed by atoms with E-state index >= 15 is 0 Å². The highest BCUT2D eigenvalue weighted by Crippen LogP contribution is 2.52. The van der Waals surface area contributed by atoms with Gasteiger partial charge in [-0.25, -0.2) is 0 Å². The lowest BCUT2D eigenvalue weighted by atomic mass is 9.98. The van der Waals surface area contributed by atoms with Crippen molar-refractivity contribution in [2.75, 3.05) is 0 Å². The van der Waals surface area contributed by atoms with Crippen molar-refractivity contribution >= 4 is 175 Å². The molecule has 0 spiro atoms. The molecule has 0 unspecified atom stereocenters. The highest BCUT2D eigenvalue weighted by molar-refractivity contribution is 6.24. The van der Waals surface area contributed by atoms with Crippen LogP contribution < -0.4 is 0 Å². The molecule has 8 aromatic heterocycles. The number of aromatic nitrogens is 4. The lowest BCUT2D eigenvalue weighted by molar-refractivity contribution is 0.669. The molecule has 414 valence electrons. The minimum absolute atomic E-state index is 0.172. The SMILES string of the molecule is N#Cc1c(C#N)c(-n2c3ccccc3c3cc4c(cc32)oc2ccccc24)c(-n2c3ccccc3c3cc4c(cc32)oc2ccccc24)c(-n2c3ccccc3c3cc4c(cc32)oc2ccccc24)c1-n1c2ccccc2c2cc3c(cc21)oc1ccccc13. The molecule has 21 rings (SSSR count). The molecular formula is C80H40N6O4. The third kappa shape index (κ3) is 5.98. The van der Waals surface area contributed by atoms with Crippen LogP contribution in [0.1, 0.15) is 11.1 Å². The zero-order valence-corrected chi connectivity index (χ0v) is 47.4. The summed E-state index contributed by atoms with van der Waals surface area (Å²) in [6, 6.07) is 89.6. The van der Waals surface area contributed by atoms with Crippen molar-refractivity contribution in [3.05, 3.63) is 254 Å². The van der Waals surface area contributed by atoms with E-state index in [1.165, 1.54) is 0 Å². The Morgan fingerprint density at radius 2 is 0.422 bits per heavy atom. The first-order chi connectivity index (χ1) is 44.6. The molecule has 10 nitrogen and oxygen atoms in total. The second-order valence-corrected chi connectivity index (χ2v) is 23.6. The van der Waals surface area contributed by atoms with Gasteiger partial charge in [0.25, 0.3) is 0 Å². The zero-order chi connectivity index (χ0) is 58.8. The third-order valence-electron chi connectivity index (χ3n) is 19.2. The summed E-state index contributed by atoms with van der Waals surface area (Å²) in [5.41, 5.74) is 15.1. The van der Waals surface area contributed by atoms with Crippen molar-refractivity contribution in [2.24, 2.45) is 0 Å². The topological polar surface area (TPSA) is 120 Å². The van der Waals surface area contributed by atoms with Gasteiger partial charge < -0.3 is 35.9 Å². The van der Waals surface area contributed by atoms with Crippen LogP contribution in [0.3, 0.4) is 0 Å². The average molecular weight is 1150 g/mol. The first kappa shape index (κ1) is 47.5. The van der Waals surface area contributed by atoms with Crippen molar-refractivity contribution in [1.82, 2.24) is 18.3 Å². The molecule has 0 bridgehead atoms. The Balaban J connectivity index is 1.06. The van der Waals surface area contributed by atoms with Crippen LogP contribution in [0.2, 0.25) is 0 Å². The number of hydrogen-bond acceptors (Lipinski definition) is 6. The Morgan fingerprint density at radius 1 is 0.200 bits per heavy atom. The van der Waals surface area contributed by atoms with Gasteiger partial charge >= 0.3 is 0 Å². The summed E-state index contributed by atoms with van der Waals surface area (Å²) in [6.07, 6.45) is 0. The van der Waals surface area contributed by atoms with Crippen molar-refractivity contribution in [1.29, 1.82) is 10.5 Å². The van der Waals surface area contributed by atoms with E-state index in [9.17, 15) is 10.5 Å². The number of nitriles is 2. The quantitative estimate of drug-likeness (QED) is 0.173. The van der Waals surface area contributed by atoms with Crippen LogP contribution in [0.4, 0.5) is 0 Å². The van der Waals surface area contributed by atoms with Crippen LogP contribution >= 0.6 is 0 Å². The van der Waals surface area contributed by atoms with Gasteiger partial charge in [-0.15, -0.1) is 0 Å². The standard InChI is InChI=1S/C80H40N6O4/c81-41-59-60(42-82)78(84-62-26-10-2-18-44(62)52-34-56-48-22-6-14-30-70(48)88-74(56)38-66(52)84)80(86-64-28-12-4-20-46(64)54-36-58-50-24-8-16-32-72(50)90-76(58)40-68(54)86)79(85-63-27-11-3-19-45(63)53-35-57-49-23-7-15-31-71(49)89-75(57)39-67(53)85)77(59)83-61-25-9-1-17-43(61)51-33-55-47-21-5-13-29-69(47)87-73(55)37-65(51)83/h1-40H. The molecule has 0 saturated carbocycles. The van der Waals surface area contributed by atoms with E-state index in [2.05, 4.69) is 200 Å². The van der Waals surface area contributed by atoms with Gasteiger partial charge in [-0.3, -0.25) is 0 Å². The molecule has 0 aliphatic carbocycles. The predicted octanol–water partition coefficient (Wildman–Crippen LogP) is 21.4. The molecular weight excluding hydrogens is 1110 g/mol. The van der Waals surface area contributed by atoms with Gasteiger partial charge in [0.15, 0.2) is 0 Å². The summed E-state index contributed by atoms with van der Waals surface area (Å²) in [4.78, 5) is 0.